The lowest BCUT2D eigenvalue weighted by Gasteiger charge is -2.10. The van der Waals surface area contributed by atoms with Crippen molar-refractivity contribution in [2.24, 2.45) is 0 Å². The Morgan fingerprint density at radius 1 is 1.54 bits per heavy atom. The Morgan fingerprint density at radius 2 is 2.31 bits per heavy atom. The van der Waals surface area contributed by atoms with Crippen molar-refractivity contribution in [3.05, 3.63) is 5.82 Å². The molecule has 0 amide bonds. The van der Waals surface area contributed by atoms with Gasteiger partial charge in [0.1, 0.15) is 6.07 Å². The predicted octanol–water partition coefficient (Wildman–Crippen LogP) is -0.673. The minimum absolute atomic E-state index is 0.0738. The van der Waals surface area contributed by atoms with Gasteiger partial charge in [0.15, 0.2) is 0 Å². The summed E-state index contributed by atoms with van der Waals surface area (Å²) in [6, 6.07) is 1.71. The van der Waals surface area contributed by atoms with Gasteiger partial charge in [0, 0.05) is 6.54 Å². The Balaban J connectivity index is 2.66. The van der Waals surface area contributed by atoms with Crippen LogP contribution in [0.4, 0.5) is 0 Å². The molecule has 0 spiro atoms. The third kappa shape index (κ3) is 1.19. The molecule has 1 aromatic rings. The second kappa shape index (κ2) is 2.53. The van der Waals surface area contributed by atoms with Crippen LogP contribution in [0, 0.1) is 11.3 Å². The molecule has 0 bridgehead atoms. The second-order valence-electron chi connectivity index (χ2n) is 2.73. The zero-order chi connectivity index (χ0) is 9.47. The highest BCUT2D eigenvalue weighted by molar-refractivity contribution is 7.91. The SMILES string of the molecule is N#Cc1nc2n(n1)CCCS2(=O)=O. The predicted molar refractivity (Wildman–Crippen MR) is 41.4 cm³/mol. The topological polar surface area (TPSA) is 88.6 Å². The molecule has 13 heavy (non-hydrogen) atoms. The van der Waals surface area contributed by atoms with E-state index in [1.54, 1.807) is 6.07 Å². The van der Waals surface area contributed by atoms with Gasteiger partial charge >= 0.3 is 0 Å². The first kappa shape index (κ1) is 8.19. The van der Waals surface area contributed by atoms with Crippen molar-refractivity contribution < 1.29 is 8.42 Å². The fourth-order valence-electron chi connectivity index (χ4n) is 1.25. The van der Waals surface area contributed by atoms with Gasteiger partial charge in [0.2, 0.25) is 15.0 Å². The third-order valence-electron chi connectivity index (χ3n) is 1.80. The van der Waals surface area contributed by atoms with Gasteiger partial charge in [-0.05, 0) is 6.42 Å². The molecule has 0 atom stereocenters. The van der Waals surface area contributed by atoms with Crippen LogP contribution >= 0.6 is 0 Å². The van der Waals surface area contributed by atoms with Crippen LogP contribution < -0.4 is 0 Å². The number of aromatic nitrogens is 3. The average molecular weight is 198 g/mol. The molecule has 7 heteroatoms. The molecule has 0 radical (unpaired) electrons. The first-order chi connectivity index (χ1) is 6.13. The summed E-state index contributed by atoms with van der Waals surface area (Å²) in [5, 5.41) is 12.1. The molecular formula is C6H6N4O2S. The molecule has 0 N–H and O–H groups in total. The van der Waals surface area contributed by atoms with E-state index in [2.05, 4.69) is 10.1 Å². The quantitative estimate of drug-likeness (QED) is 0.551. The molecule has 0 fully saturated rings. The molecule has 1 aliphatic heterocycles. The zero-order valence-electron chi connectivity index (χ0n) is 6.63. The van der Waals surface area contributed by atoms with Crippen LogP contribution in [0.2, 0.25) is 0 Å². The summed E-state index contributed by atoms with van der Waals surface area (Å²) in [6.45, 7) is 0.517. The van der Waals surface area contributed by atoms with Crippen molar-refractivity contribution in [2.45, 2.75) is 18.1 Å². The van der Waals surface area contributed by atoms with Crippen molar-refractivity contribution in [1.82, 2.24) is 14.8 Å². The van der Waals surface area contributed by atoms with Crippen molar-refractivity contribution in [3.8, 4) is 6.07 Å². The van der Waals surface area contributed by atoms with Crippen LogP contribution in [-0.4, -0.2) is 28.9 Å². The number of nitrogens with zero attached hydrogens (tertiary/aromatic N) is 4. The largest absolute Gasteiger partial charge is 0.253 e. The van der Waals surface area contributed by atoms with Crippen LogP contribution in [0.15, 0.2) is 5.16 Å². The summed E-state index contributed by atoms with van der Waals surface area (Å²) in [4.78, 5) is 3.62. The molecule has 2 heterocycles. The summed E-state index contributed by atoms with van der Waals surface area (Å²) in [6.07, 6.45) is 0.531. The first-order valence-corrected chi connectivity index (χ1v) is 5.36. The van der Waals surface area contributed by atoms with Crippen LogP contribution in [-0.2, 0) is 16.4 Å². The van der Waals surface area contributed by atoms with Gasteiger partial charge < -0.3 is 0 Å². The van der Waals surface area contributed by atoms with Crippen LogP contribution in [0.3, 0.4) is 0 Å². The smallest absolute Gasteiger partial charge is 0.235 e. The molecule has 1 aromatic heterocycles. The Hall–Kier alpha value is -1.42. The molecule has 1 aliphatic rings. The molecular weight excluding hydrogens is 192 g/mol. The van der Waals surface area contributed by atoms with E-state index in [4.69, 9.17) is 5.26 Å². The summed E-state index contributed by atoms with van der Waals surface area (Å²) in [5.41, 5.74) is 0. The number of fused-ring (bicyclic) bond motifs is 1. The fourth-order valence-corrected chi connectivity index (χ4v) is 2.62. The van der Waals surface area contributed by atoms with Crippen molar-refractivity contribution in [2.75, 3.05) is 5.75 Å². The maximum atomic E-state index is 11.4. The summed E-state index contributed by atoms with van der Waals surface area (Å²) in [5.74, 6) is 0.0109. The summed E-state index contributed by atoms with van der Waals surface area (Å²) < 4.78 is 24.0. The molecule has 0 unspecified atom stereocenters. The van der Waals surface area contributed by atoms with Crippen LogP contribution in [0.25, 0.3) is 0 Å². The molecule has 0 saturated heterocycles. The summed E-state index contributed by atoms with van der Waals surface area (Å²) >= 11 is 0. The molecule has 2 rings (SSSR count). The fraction of sp³-hybridized carbons (Fsp3) is 0.500. The molecule has 6 nitrogen and oxygen atoms in total. The highest BCUT2D eigenvalue weighted by Crippen LogP contribution is 2.15. The molecule has 0 aromatic carbocycles. The van der Waals surface area contributed by atoms with Crippen LogP contribution in [0.1, 0.15) is 12.2 Å². The van der Waals surface area contributed by atoms with Gasteiger partial charge in [-0.2, -0.15) is 10.2 Å². The maximum absolute atomic E-state index is 11.4. The molecule has 0 saturated carbocycles. The van der Waals surface area contributed by atoms with E-state index < -0.39 is 9.84 Å². The molecule has 68 valence electrons. The van der Waals surface area contributed by atoms with Crippen molar-refractivity contribution in [1.29, 1.82) is 5.26 Å². The van der Waals surface area contributed by atoms with E-state index in [9.17, 15) is 8.42 Å². The van der Waals surface area contributed by atoms with E-state index in [0.717, 1.165) is 0 Å². The average Bonchev–Trinajstić information content (AvgIpc) is 2.48. The Morgan fingerprint density at radius 3 is 2.92 bits per heavy atom. The van der Waals surface area contributed by atoms with Gasteiger partial charge in [0.05, 0.1) is 5.75 Å². The Labute approximate surface area is 74.7 Å². The lowest BCUT2D eigenvalue weighted by atomic mass is 10.5. The molecule has 0 aliphatic carbocycles. The highest BCUT2D eigenvalue weighted by Gasteiger charge is 2.27. The standard InChI is InChI=1S/C6H6N4O2S/c7-4-5-8-6-10(9-5)2-1-3-13(6,11)12/h1-3H2. The van der Waals surface area contributed by atoms with Crippen molar-refractivity contribution >= 4 is 9.84 Å². The first-order valence-electron chi connectivity index (χ1n) is 3.71. The van der Waals surface area contributed by atoms with Crippen molar-refractivity contribution in [3.63, 3.8) is 0 Å². The maximum Gasteiger partial charge on any atom is 0.253 e. The van der Waals surface area contributed by atoms with Gasteiger partial charge in [-0.1, -0.05) is 0 Å². The van der Waals surface area contributed by atoms with E-state index in [-0.39, 0.29) is 16.7 Å². The Kier molecular flexibility index (Phi) is 1.60. The number of sulfone groups is 1. The number of rotatable bonds is 0. The van der Waals surface area contributed by atoms with Gasteiger partial charge in [-0.25, -0.2) is 13.1 Å². The third-order valence-corrected chi connectivity index (χ3v) is 3.48. The van der Waals surface area contributed by atoms with E-state index in [1.807, 2.05) is 0 Å². The van der Waals surface area contributed by atoms with Gasteiger partial charge in [-0.15, -0.1) is 5.10 Å². The lowest BCUT2D eigenvalue weighted by molar-refractivity contribution is 0.493. The zero-order valence-corrected chi connectivity index (χ0v) is 7.45. The number of nitriles is 1. The van der Waals surface area contributed by atoms with E-state index in [1.165, 1.54) is 4.68 Å². The van der Waals surface area contributed by atoms with E-state index >= 15 is 0 Å². The van der Waals surface area contributed by atoms with E-state index in [0.29, 0.717) is 13.0 Å². The highest BCUT2D eigenvalue weighted by atomic mass is 32.2. The number of hydrogen-bond donors (Lipinski definition) is 0. The van der Waals surface area contributed by atoms with Gasteiger partial charge in [0.25, 0.3) is 5.82 Å². The lowest BCUT2D eigenvalue weighted by Crippen LogP contribution is -2.22. The Bertz CT molecular complexity index is 481. The minimum atomic E-state index is -3.29. The normalized spacial score (nSPS) is 19.0. The minimum Gasteiger partial charge on any atom is -0.235 e. The number of aryl methyl sites for hydroxylation is 1. The monoisotopic (exact) mass is 198 g/mol. The number of hydrogen-bond acceptors (Lipinski definition) is 5. The van der Waals surface area contributed by atoms with Gasteiger partial charge in [-0.3, -0.25) is 0 Å². The second-order valence-corrected chi connectivity index (χ2v) is 4.73. The summed E-state index contributed by atoms with van der Waals surface area (Å²) in [7, 11) is -3.29. The van der Waals surface area contributed by atoms with Crippen LogP contribution in [0.5, 0.6) is 0 Å².